The fourth-order valence-electron chi connectivity index (χ4n) is 10.9. The number of cyclic esters (lactones) is 1. The van der Waals surface area contributed by atoms with Crippen LogP contribution in [0.2, 0.25) is 0 Å². The molecule has 3 fully saturated rings. The quantitative estimate of drug-likeness (QED) is 0.0846. The van der Waals surface area contributed by atoms with Gasteiger partial charge in [0, 0.05) is 59.8 Å². The summed E-state index contributed by atoms with van der Waals surface area (Å²) in [7, 11) is 6.19. The van der Waals surface area contributed by atoms with Gasteiger partial charge in [0.25, 0.3) is 11.7 Å². The highest BCUT2D eigenvalue weighted by molar-refractivity contribution is 6.39. The standard InChI is InChI=1S/C55H88N2O14/c1-34-17-13-12-14-18-36(3)46(66-9)33-42-23-21-40(7)55(64,71-42)51(60)52(61)57-27-16-15-19-43(57)53(62)69-44(24-20-35(2)30-39(6)49(59)50(68-11)48(58)38(5)29-34)37(4)31-41-22-25-45(47(32-41)67-10)70-54(63)56-26-28-65-8/h12-14,17-18,30,34-35,37-38,40-47,49-50,59,64H,15-16,19-29,31-33H2,1-11H3,(H,56,63)/b14-12+,17-13+,36-18+,39-30+/t34-,35+,37-,38-,40-,41+,42+,43+,44+,45-,46+,47-,49-,50+,55-/m1/s1. The van der Waals surface area contributed by atoms with Crippen molar-refractivity contribution in [3.63, 3.8) is 0 Å². The minimum Gasteiger partial charge on any atom is -0.461 e. The highest BCUT2D eigenvalue weighted by atomic mass is 16.6. The van der Waals surface area contributed by atoms with Crippen LogP contribution in [-0.2, 0) is 52.3 Å². The van der Waals surface area contributed by atoms with Gasteiger partial charge in [0.2, 0.25) is 5.79 Å². The highest BCUT2D eigenvalue weighted by Crippen LogP contribution is 2.38. The van der Waals surface area contributed by atoms with Gasteiger partial charge in [-0.05, 0) is 126 Å². The Labute approximate surface area is 423 Å². The Morgan fingerprint density at radius 3 is 2.28 bits per heavy atom. The monoisotopic (exact) mass is 1000 g/mol. The predicted octanol–water partition coefficient (Wildman–Crippen LogP) is 7.38. The van der Waals surface area contributed by atoms with Crippen LogP contribution < -0.4 is 5.32 Å². The van der Waals surface area contributed by atoms with E-state index in [1.165, 1.54) is 12.0 Å². The Morgan fingerprint density at radius 2 is 1.59 bits per heavy atom. The Bertz CT molecular complexity index is 1870. The number of amides is 2. The molecular formula is C55H88N2O14. The Balaban J connectivity index is 1.65. The number of aliphatic hydroxyl groups excluding tert-OH is 1. The molecule has 71 heavy (non-hydrogen) atoms. The molecule has 0 aromatic heterocycles. The molecule has 16 nitrogen and oxygen atoms in total. The number of Topliss-reactive ketones (excluding diaryl/α,β-unsaturated/α-hetero) is 2. The lowest BCUT2D eigenvalue weighted by molar-refractivity contribution is -0.265. The molecule has 402 valence electrons. The molecule has 2 saturated heterocycles. The molecule has 4 rings (SSSR count). The van der Waals surface area contributed by atoms with Crippen molar-refractivity contribution < 1.29 is 67.3 Å². The molecule has 4 aliphatic rings. The maximum Gasteiger partial charge on any atom is 0.407 e. The van der Waals surface area contributed by atoms with Gasteiger partial charge in [-0.1, -0.05) is 71.1 Å². The van der Waals surface area contributed by atoms with E-state index in [4.69, 9.17) is 33.2 Å². The zero-order valence-corrected chi connectivity index (χ0v) is 44.6. The molecule has 15 atom stereocenters. The molecule has 3 heterocycles. The summed E-state index contributed by atoms with van der Waals surface area (Å²) in [4.78, 5) is 70.7. The highest BCUT2D eigenvalue weighted by Gasteiger charge is 2.53. The average molecular weight is 1000 g/mol. The number of ketones is 2. The van der Waals surface area contributed by atoms with Gasteiger partial charge in [-0.15, -0.1) is 0 Å². The van der Waals surface area contributed by atoms with Crippen molar-refractivity contribution in [2.24, 2.45) is 35.5 Å². The van der Waals surface area contributed by atoms with E-state index in [-0.39, 0.29) is 54.4 Å². The molecule has 0 aromatic rings. The number of carbonyl (C=O) groups is 5. The van der Waals surface area contributed by atoms with E-state index in [0.717, 1.165) is 12.0 Å². The molecule has 2 bridgehead atoms. The summed E-state index contributed by atoms with van der Waals surface area (Å²) >= 11 is 0. The zero-order chi connectivity index (χ0) is 52.4. The number of nitrogens with one attached hydrogen (secondary N) is 1. The minimum absolute atomic E-state index is 0.0529. The SMILES string of the molecule is COCCNC(=O)O[C@@H]1CC[C@@H](C[C@@H](C)[C@@H]2CC[C@H](C)/C=C(\C)[C@@H](O)[C@@H](OC)C(=O)[C@H](C)C[C@H](C)/C=C/C=C/C=C(\C)[C@@H](OC)C[C@@H]3CC[C@@H](C)[C@@](O)(O3)C(=O)C(=O)N3CCCC[C@H]3C(=O)O2)C[C@H]1OC. The molecule has 2 amide bonds. The number of piperidine rings is 1. The summed E-state index contributed by atoms with van der Waals surface area (Å²) in [5, 5.41) is 26.2. The number of hydrogen-bond acceptors (Lipinski definition) is 14. The van der Waals surface area contributed by atoms with E-state index < -0.39 is 78.1 Å². The Hall–Kier alpha value is -3.77. The van der Waals surface area contributed by atoms with Crippen LogP contribution in [0.4, 0.5) is 4.79 Å². The average Bonchev–Trinajstić information content (AvgIpc) is 3.34. The number of methoxy groups -OCH3 is 4. The van der Waals surface area contributed by atoms with Gasteiger partial charge in [-0.25, -0.2) is 9.59 Å². The van der Waals surface area contributed by atoms with Crippen LogP contribution in [0.25, 0.3) is 0 Å². The fraction of sp³-hybridized carbons (Fsp3) is 0.764. The smallest absolute Gasteiger partial charge is 0.407 e. The molecule has 16 heteroatoms. The second-order valence-corrected chi connectivity index (χ2v) is 21.0. The molecule has 0 aromatic carbocycles. The maximum absolute atomic E-state index is 14.5. The van der Waals surface area contributed by atoms with Gasteiger partial charge in [0.15, 0.2) is 5.78 Å². The summed E-state index contributed by atoms with van der Waals surface area (Å²) in [5.74, 6) is -6.41. The molecule has 3 aliphatic heterocycles. The van der Waals surface area contributed by atoms with Gasteiger partial charge < -0.3 is 53.6 Å². The van der Waals surface area contributed by atoms with Gasteiger partial charge in [0.1, 0.15) is 30.5 Å². The van der Waals surface area contributed by atoms with Gasteiger partial charge in [0.05, 0.1) is 24.9 Å². The lowest BCUT2D eigenvalue weighted by atomic mass is 9.78. The molecule has 0 unspecified atom stereocenters. The van der Waals surface area contributed by atoms with E-state index in [2.05, 4.69) is 5.32 Å². The molecule has 0 radical (unpaired) electrons. The molecule has 3 N–H and O–H groups in total. The zero-order valence-electron chi connectivity index (χ0n) is 44.6. The maximum atomic E-state index is 14.5. The summed E-state index contributed by atoms with van der Waals surface area (Å²) < 4.78 is 40.8. The first-order valence-corrected chi connectivity index (χ1v) is 26.2. The van der Waals surface area contributed by atoms with Crippen LogP contribution in [0.1, 0.15) is 132 Å². The number of ether oxygens (including phenoxy) is 7. The number of fused-ring (bicyclic) bond motifs is 3. The molecule has 1 saturated carbocycles. The van der Waals surface area contributed by atoms with Crippen molar-refractivity contribution in [2.45, 2.75) is 186 Å². The fourth-order valence-corrected chi connectivity index (χ4v) is 10.9. The number of nitrogens with zero attached hydrogens (tertiary/aromatic N) is 1. The third-order valence-corrected chi connectivity index (χ3v) is 15.3. The lowest BCUT2D eigenvalue weighted by Crippen LogP contribution is -2.61. The first kappa shape index (κ1) is 59.8. The minimum atomic E-state index is -2.40. The first-order valence-electron chi connectivity index (χ1n) is 26.2. The van der Waals surface area contributed by atoms with Crippen LogP contribution in [-0.4, -0.2) is 147 Å². The van der Waals surface area contributed by atoms with E-state index >= 15 is 0 Å². The van der Waals surface area contributed by atoms with E-state index in [1.54, 1.807) is 35.2 Å². The molecule has 0 spiro atoms. The van der Waals surface area contributed by atoms with Crippen molar-refractivity contribution in [1.82, 2.24) is 10.2 Å². The van der Waals surface area contributed by atoms with E-state index in [9.17, 15) is 34.2 Å². The first-order chi connectivity index (χ1) is 33.8. The molecular weight excluding hydrogens is 913 g/mol. The number of hydrogen-bond donors (Lipinski definition) is 3. The number of aliphatic hydroxyl groups is 2. The largest absolute Gasteiger partial charge is 0.461 e. The van der Waals surface area contributed by atoms with Crippen LogP contribution in [0.3, 0.4) is 0 Å². The van der Waals surface area contributed by atoms with Gasteiger partial charge in [-0.2, -0.15) is 0 Å². The number of rotatable bonds is 10. The summed E-state index contributed by atoms with van der Waals surface area (Å²) in [6, 6.07) is -1.05. The summed E-state index contributed by atoms with van der Waals surface area (Å²) in [6.45, 7) is 14.2. The number of alkyl carbamates (subject to hydrolysis) is 1. The summed E-state index contributed by atoms with van der Waals surface area (Å²) in [6.07, 6.45) is 13.5. The number of esters is 1. The van der Waals surface area contributed by atoms with Gasteiger partial charge >= 0.3 is 12.1 Å². The Morgan fingerprint density at radius 1 is 0.845 bits per heavy atom. The van der Waals surface area contributed by atoms with Crippen molar-refractivity contribution in [2.75, 3.05) is 48.1 Å². The lowest BCUT2D eigenvalue weighted by Gasteiger charge is -2.42. The van der Waals surface area contributed by atoms with Crippen molar-refractivity contribution in [3.05, 3.63) is 47.6 Å². The van der Waals surface area contributed by atoms with Crippen molar-refractivity contribution in [3.8, 4) is 0 Å². The van der Waals surface area contributed by atoms with Gasteiger partial charge in [-0.3, -0.25) is 14.4 Å². The van der Waals surface area contributed by atoms with Crippen LogP contribution >= 0.6 is 0 Å². The third-order valence-electron chi connectivity index (χ3n) is 15.3. The molecule has 1 aliphatic carbocycles. The number of allylic oxidation sites excluding steroid dienone is 6. The van der Waals surface area contributed by atoms with E-state index in [0.29, 0.717) is 89.4 Å². The van der Waals surface area contributed by atoms with Crippen LogP contribution in [0.5, 0.6) is 0 Å². The second kappa shape index (κ2) is 29.2. The summed E-state index contributed by atoms with van der Waals surface area (Å²) in [5.41, 5.74) is 1.48. The van der Waals surface area contributed by atoms with Crippen molar-refractivity contribution >= 4 is 29.5 Å². The van der Waals surface area contributed by atoms with Crippen LogP contribution in [0.15, 0.2) is 47.6 Å². The Kier molecular flexibility index (Phi) is 24.6. The van der Waals surface area contributed by atoms with Crippen molar-refractivity contribution in [1.29, 1.82) is 0 Å². The number of carbonyl (C=O) groups excluding carboxylic acids is 5. The third kappa shape index (κ3) is 17.1. The normalized spacial score (nSPS) is 37.8. The van der Waals surface area contributed by atoms with E-state index in [1.807, 2.05) is 71.1 Å². The topological polar surface area (TPSA) is 206 Å². The predicted molar refractivity (Wildman–Crippen MR) is 269 cm³/mol. The second-order valence-electron chi connectivity index (χ2n) is 21.0. The van der Waals surface area contributed by atoms with Crippen LogP contribution in [0, 0.1) is 35.5 Å².